The maximum atomic E-state index is 13.8. The number of ketones is 2. The maximum Gasteiger partial charge on any atom is 0.226 e. The number of hydrogen-bond acceptors (Lipinski definition) is 8. The van der Waals surface area contributed by atoms with Gasteiger partial charge >= 0.3 is 0 Å². The van der Waals surface area contributed by atoms with Crippen molar-refractivity contribution in [1.82, 2.24) is 0 Å². The quantitative estimate of drug-likeness (QED) is 0.172. The van der Waals surface area contributed by atoms with Gasteiger partial charge in [-0.15, -0.1) is 0 Å². The Balaban J connectivity index is 0.000000206. The van der Waals surface area contributed by atoms with E-state index in [1.165, 1.54) is 6.42 Å². The molecule has 0 aromatic rings. The number of rotatable bonds is 9. The van der Waals surface area contributed by atoms with Crippen molar-refractivity contribution >= 4 is 11.6 Å². The fourth-order valence-corrected chi connectivity index (χ4v) is 14.0. The van der Waals surface area contributed by atoms with Crippen LogP contribution in [0.5, 0.6) is 0 Å². The van der Waals surface area contributed by atoms with Crippen LogP contribution in [0, 0.1) is 75.1 Å². The molecule has 0 heterocycles. The molecule has 53 heavy (non-hydrogen) atoms. The number of carbonyl (C=O) groups excluding carboxylic acids is 2. The minimum atomic E-state index is -0.680. The van der Waals surface area contributed by atoms with Crippen LogP contribution in [0.4, 0.5) is 0 Å². The van der Waals surface area contributed by atoms with E-state index in [0.717, 1.165) is 51.4 Å². The SMILES string of the molecule is COCO[C@@H]1C[C@H](C)C(=O)[C@H](C)C23CC[C@@H](C)[C@]1(C)C2[C@H](OC)CC3.[C-]#[N+]C[C@]1(C)C[C@@H](OCOC)[C@@]2(C)C3[C@H](OC)CCC3(CC[C@H]2C)[C@@H](C)C1=O. The minimum absolute atomic E-state index is 0.0111. The van der Waals surface area contributed by atoms with E-state index in [-0.39, 0.29) is 88.9 Å². The highest BCUT2D eigenvalue weighted by molar-refractivity contribution is 5.88. The summed E-state index contributed by atoms with van der Waals surface area (Å²) >= 11 is 0. The van der Waals surface area contributed by atoms with Crippen LogP contribution in [0.2, 0.25) is 0 Å². The second-order valence-electron chi connectivity index (χ2n) is 19.2. The predicted octanol–water partition coefficient (Wildman–Crippen LogP) is 8.43. The summed E-state index contributed by atoms with van der Waals surface area (Å²) in [6.07, 6.45) is 10.3. The molecule has 6 saturated carbocycles. The summed E-state index contributed by atoms with van der Waals surface area (Å²) in [7, 11) is 6.96. The lowest BCUT2D eigenvalue weighted by Crippen LogP contribution is -2.63. The summed E-state index contributed by atoms with van der Waals surface area (Å²) in [5, 5.41) is 0. The number of hydrogen-bond donors (Lipinski definition) is 0. The Morgan fingerprint density at radius 3 is 1.60 bits per heavy atom. The largest absolute Gasteiger partial charge is 0.381 e. The number of carbonyl (C=O) groups is 2. The van der Waals surface area contributed by atoms with Crippen LogP contribution in [0.15, 0.2) is 0 Å². The van der Waals surface area contributed by atoms with Gasteiger partial charge in [0.2, 0.25) is 6.54 Å². The van der Waals surface area contributed by atoms with Crippen LogP contribution in [-0.4, -0.2) is 84.6 Å². The van der Waals surface area contributed by atoms with Gasteiger partial charge in [0.1, 0.15) is 30.6 Å². The van der Waals surface area contributed by atoms with Crippen LogP contribution in [0.25, 0.3) is 4.85 Å². The van der Waals surface area contributed by atoms with E-state index in [1.54, 1.807) is 14.2 Å². The second-order valence-corrected chi connectivity index (χ2v) is 19.2. The lowest BCUT2D eigenvalue weighted by atomic mass is 9.44. The third kappa shape index (κ3) is 6.69. The molecule has 16 atom stereocenters. The standard InChI is InChI=1S/C23H37NO4.C21H36O4/c1-15-8-10-23-11-9-17(27-7)19(23)22(15,4)18(28-14-26-6)12-21(3,13-24-5)20(25)16(23)2;1-13-11-17(25-12-23-5)20(4)14(2)7-9-21(15(3)18(13)22)10-8-16(24-6)19(20)21/h15-19H,8-14H2,1-4,6-7H3;13-17,19H,7-12H2,1-6H3/t15-,16+,17-,18-,19?,21+,22+,23?;13-,14+,15-,16+,17+,19?,20-,21?/m10/s1. The minimum Gasteiger partial charge on any atom is -0.381 e. The van der Waals surface area contributed by atoms with Crippen molar-refractivity contribution < 1.29 is 38.0 Å². The molecular formula is C44H73NO8. The zero-order chi connectivity index (χ0) is 39.1. The zero-order valence-electron chi connectivity index (χ0n) is 35.3. The Labute approximate surface area is 321 Å². The Morgan fingerprint density at radius 2 is 1.13 bits per heavy atom. The molecule has 0 amide bonds. The highest BCUT2D eigenvalue weighted by Crippen LogP contribution is 2.70. The fraction of sp³-hybridized carbons (Fsp3) is 0.932. The van der Waals surface area contributed by atoms with E-state index < -0.39 is 5.41 Å². The highest BCUT2D eigenvalue weighted by Gasteiger charge is 2.69. The fourth-order valence-electron chi connectivity index (χ4n) is 14.0. The van der Waals surface area contributed by atoms with E-state index in [9.17, 15) is 9.59 Å². The van der Waals surface area contributed by atoms with E-state index in [0.29, 0.717) is 36.8 Å². The summed E-state index contributed by atoms with van der Waals surface area (Å²) < 4.78 is 35.1. The van der Waals surface area contributed by atoms with Gasteiger partial charge in [-0.05, 0) is 106 Å². The molecule has 9 heteroatoms. The van der Waals surface area contributed by atoms with Crippen LogP contribution in [0.1, 0.15) is 120 Å². The molecular weight excluding hydrogens is 670 g/mol. The van der Waals surface area contributed by atoms with Crippen molar-refractivity contribution in [1.29, 1.82) is 0 Å². The van der Waals surface area contributed by atoms with E-state index in [2.05, 4.69) is 53.3 Å². The molecule has 0 aromatic carbocycles. The van der Waals surface area contributed by atoms with Gasteiger partial charge in [0.05, 0.1) is 24.4 Å². The molecule has 9 nitrogen and oxygen atoms in total. The van der Waals surface area contributed by atoms with Gasteiger partial charge in [-0.2, -0.15) is 0 Å². The molecule has 0 aliphatic heterocycles. The molecule has 4 unspecified atom stereocenters. The third-order valence-electron chi connectivity index (χ3n) is 17.3. The van der Waals surface area contributed by atoms with Gasteiger partial charge in [0, 0.05) is 57.0 Å². The van der Waals surface area contributed by atoms with E-state index in [4.69, 9.17) is 35.0 Å². The molecule has 4 bridgehead atoms. The maximum absolute atomic E-state index is 13.8. The zero-order valence-corrected chi connectivity index (χ0v) is 35.3. The van der Waals surface area contributed by atoms with Crippen molar-refractivity contribution in [2.24, 2.45) is 68.5 Å². The Morgan fingerprint density at radius 1 is 0.679 bits per heavy atom. The number of Topliss-reactive ketones (excluding diaryl/α,β-unsaturated/α-hetero) is 2. The van der Waals surface area contributed by atoms with Crippen molar-refractivity contribution in [3.05, 3.63) is 11.4 Å². The molecule has 0 N–H and O–H groups in total. The summed E-state index contributed by atoms with van der Waals surface area (Å²) in [5.74, 6) is 2.44. The van der Waals surface area contributed by atoms with Crippen LogP contribution in [0.3, 0.4) is 0 Å². The van der Waals surface area contributed by atoms with Gasteiger partial charge < -0.3 is 33.3 Å². The van der Waals surface area contributed by atoms with Crippen molar-refractivity contribution in [2.75, 3.05) is 48.6 Å². The third-order valence-corrected chi connectivity index (χ3v) is 17.3. The second kappa shape index (κ2) is 16.2. The molecule has 0 spiro atoms. The topological polar surface area (TPSA) is 93.9 Å². The predicted molar refractivity (Wildman–Crippen MR) is 205 cm³/mol. The van der Waals surface area contributed by atoms with Gasteiger partial charge in [0.15, 0.2) is 0 Å². The van der Waals surface area contributed by atoms with Crippen molar-refractivity contribution in [2.45, 2.75) is 144 Å². The summed E-state index contributed by atoms with van der Waals surface area (Å²) in [6, 6.07) is 0. The average Bonchev–Trinajstić information content (AvgIpc) is 3.74. The molecule has 0 saturated heterocycles. The number of nitrogens with zero attached hydrogens (tertiary/aromatic N) is 1. The molecule has 6 fully saturated rings. The number of methoxy groups -OCH3 is 4. The first kappa shape index (κ1) is 42.7. The van der Waals surface area contributed by atoms with Gasteiger partial charge in [-0.1, -0.05) is 48.5 Å². The Hall–Kier alpha value is -1.41. The Kier molecular flexibility index (Phi) is 13.1. The lowest BCUT2D eigenvalue weighted by Gasteiger charge is -2.61. The molecule has 0 aromatic heterocycles. The Bertz CT molecular complexity index is 1350. The molecule has 6 aliphatic carbocycles. The first-order valence-electron chi connectivity index (χ1n) is 20.7. The monoisotopic (exact) mass is 744 g/mol. The van der Waals surface area contributed by atoms with Crippen molar-refractivity contribution in [3.63, 3.8) is 0 Å². The smallest absolute Gasteiger partial charge is 0.226 e. The molecule has 0 radical (unpaired) electrons. The first-order chi connectivity index (χ1) is 25.0. The van der Waals surface area contributed by atoms with Gasteiger partial charge in [0.25, 0.3) is 0 Å². The van der Waals surface area contributed by atoms with E-state index in [1.807, 2.05) is 21.1 Å². The molecule has 6 aliphatic rings. The molecule has 6 rings (SSSR count). The summed E-state index contributed by atoms with van der Waals surface area (Å²) in [6.45, 7) is 26.1. The van der Waals surface area contributed by atoms with Crippen molar-refractivity contribution in [3.8, 4) is 0 Å². The van der Waals surface area contributed by atoms with E-state index >= 15 is 0 Å². The highest BCUT2D eigenvalue weighted by atomic mass is 16.7. The average molecular weight is 744 g/mol. The van der Waals surface area contributed by atoms with Gasteiger partial charge in [-0.3, -0.25) is 9.59 Å². The normalized spacial score (nSPS) is 49.3. The van der Waals surface area contributed by atoms with Crippen LogP contribution in [-0.2, 0) is 38.0 Å². The van der Waals surface area contributed by atoms with Gasteiger partial charge in [-0.25, -0.2) is 6.57 Å². The molecule has 302 valence electrons. The van der Waals surface area contributed by atoms with Crippen LogP contribution >= 0.6 is 0 Å². The summed E-state index contributed by atoms with van der Waals surface area (Å²) in [4.78, 5) is 30.7. The lowest BCUT2D eigenvalue weighted by molar-refractivity contribution is -0.218. The number of ether oxygens (including phenoxy) is 6. The first-order valence-corrected chi connectivity index (χ1v) is 20.7. The summed E-state index contributed by atoms with van der Waals surface area (Å²) in [5.41, 5.74) is -0.774. The van der Waals surface area contributed by atoms with Crippen LogP contribution < -0.4 is 0 Å².